The van der Waals surface area contributed by atoms with E-state index in [1.54, 1.807) is 12.1 Å². The molecule has 112 valence electrons. The number of nitrogens with one attached hydrogen (secondary N) is 2. The van der Waals surface area contributed by atoms with Gasteiger partial charge in [0.25, 0.3) is 5.91 Å². The van der Waals surface area contributed by atoms with Crippen molar-refractivity contribution in [3.8, 4) is 17.2 Å². The van der Waals surface area contributed by atoms with E-state index in [0.29, 0.717) is 29.4 Å². The monoisotopic (exact) mass is 282 g/mol. The fourth-order valence-electron chi connectivity index (χ4n) is 1.72. The Bertz CT molecular complexity index is 463. The third-order valence-corrected chi connectivity index (χ3v) is 3.01. The summed E-state index contributed by atoms with van der Waals surface area (Å²) < 4.78 is 15.7. The number of carbonyl (C=O) groups is 1. The highest BCUT2D eigenvalue weighted by atomic mass is 16.5. The molecule has 0 heterocycles. The highest BCUT2D eigenvalue weighted by molar-refractivity contribution is 5.98. The number of rotatable bonds is 7. The van der Waals surface area contributed by atoms with Crippen LogP contribution in [0, 0.1) is 0 Å². The number of hydrogen-bond donors (Lipinski definition) is 2. The fourth-order valence-corrected chi connectivity index (χ4v) is 1.72. The second kappa shape index (κ2) is 7.59. The smallest absolute Gasteiger partial charge is 0.255 e. The van der Waals surface area contributed by atoms with Crippen molar-refractivity contribution in [3.05, 3.63) is 17.7 Å². The largest absolute Gasteiger partial charge is 0.493 e. The lowest BCUT2D eigenvalue weighted by Gasteiger charge is -2.16. The molecule has 0 spiro atoms. The highest BCUT2D eigenvalue weighted by Gasteiger charge is 2.20. The van der Waals surface area contributed by atoms with Gasteiger partial charge in [0, 0.05) is 12.6 Å². The Kier molecular flexibility index (Phi) is 6.11. The Balaban J connectivity index is 3.02. The maximum Gasteiger partial charge on any atom is 0.255 e. The molecule has 1 rings (SSSR count). The zero-order valence-corrected chi connectivity index (χ0v) is 12.6. The van der Waals surface area contributed by atoms with Gasteiger partial charge in [0.15, 0.2) is 11.5 Å². The molecule has 0 bridgehead atoms. The maximum absolute atomic E-state index is 12.2. The predicted molar refractivity (Wildman–Crippen MR) is 77.0 cm³/mol. The summed E-state index contributed by atoms with van der Waals surface area (Å²) in [5.41, 5.74) is 0.411. The number of likely N-dealkylation sites (N-methyl/N-ethyl adjacent to an activating group) is 1. The van der Waals surface area contributed by atoms with Gasteiger partial charge in [-0.15, -0.1) is 0 Å². The third-order valence-electron chi connectivity index (χ3n) is 3.01. The molecule has 1 unspecified atom stereocenters. The average molecular weight is 282 g/mol. The minimum Gasteiger partial charge on any atom is -0.493 e. The highest BCUT2D eigenvalue weighted by Crippen LogP contribution is 2.39. The molecular formula is C14H22N2O4. The van der Waals surface area contributed by atoms with Crippen molar-refractivity contribution in [2.24, 2.45) is 0 Å². The lowest BCUT2D eigenvalue weighted by atomic mass is 10.1. The van der Waals surface area contributed by atoms with Gasteiger partial charge in [0.05, 0.1) is 26.9 Å². The van der Waals surface area contributed by atoms with Crippen LogP contribution in [0.15, 0.2) is 12.1 Å². The van der Waals surface area contributed by atoms with E-state index in [-0.39, 0.29) is 11.9 Å². The number of methoxy groups -OCH3 is 3. The number of benzene rings is 1. The molecule has 1 aromatic rings. The van der Waals surface area contributed by atoms with Crippen LogP contribution in [0.5, 0.6) is 17.2 Å². The normalized spacial score (nSPS) is 11.7. The number of hydrogen-bond acceptors (Lipinski definition) is 5. The Hall–Kier alpha value is -1.95. The molecular weight excluding hydrogens is 260 g/mol. The molecule has 6 nitrogen and oxygen atoms in total. The second-order valence-corrected chi connectivity index (χ2v) is 4.28. The summed E-state index contributed by atoms with van der Waals surface area (Å²) in [7, 11) is 6.37. The van der Waals surface area contributed by atoms with E-state index < -0.39 is 0 Å². The van der Waals surface area contributed by atoms with E-state index in [0.717, 1.165) is 0 Å². The van der Waals surface area contributed by atoms with Crippen molar-refractivity contribution in [2.75, 3.05) is 34.9 Å². The van der Waals surface area contributed by atoms with Crippen LogP contribution >= 0.6 is 0 Å². The number of amides is 1. The molecule has 0 saturated carbocycles. The summed E-state index contributed by atoms with van der Waals surface area (Å²) in [5.74, 6) is 1.07. The van der Waals surface area contributed by atoms with Crippen molar-refractivity contribution in [2.45, 2.75) is 13.0 Å². The summed E-state index contributed by atoms with van der Waals surface area (Å²) in [6.45, 7) is 2.50. The average Bonchev–Trinajstić information content (AvgIpc) is 2.50. The van der Waals surface area contributed by atoms with Crippen LogP contribution in [0.3, 0.4) is 0 Å². The van der Waals surface area contributed by atoms with Crippen molar-refractivity contribution in [3.63, 3.8) is 0 Å². The van der Waals surface area contributed by atoms with Gasteiger partial charge in [0.2, 0.25) is 5.75 Å². The lowest BCUT2D eigenvalue weighted by Crippen LogP contribution is -2.37. The standard InChI is InChI=1S/C14H22N2O4/c1-9(15-2)8-16-14(17)10-6-7-11(18-3)13(20-5)12(10)19-4/h6-7,9,15H,8H2,1-5H3,(H,16,17). The topological polar surface area (TPSA) is 68.8 Å². The zero-order valence-electron chi connectivity index (χ0n) is 12.6. The van der Waals surface area contributed by atoms with Crippen LogP contribution in [0.4, 0.5) is 0 Å². The maximum atomic E-state index is 12.2. The van der Waals surface area contributed by atoms with Crippen molar-refractivity contribution < 1.29 is 19.0 Å². The van der Waals surface area contributed by atoms with E-state index in [4.69, 9.17) is 14.2 Å². The van der Waals surface area contributed by atoms with Crippen LogP contribution in [-0.4, -0.2) is 46.9 Å². The van der Waals surface area contributed by atoms with Gasteiger partial charge in [-0.05, 0) is 26.1 Å². The first-order valence-corrected chi connectivity index (χ1v) is 6.33. The molecule has 0 aliphatic rings. The van der Waals surface area contributed by atoms with Crippen LogP contribution in [0.25, 0.3) is 0 Å². The van der Waals surface area contributed by atoms with Gasteiger partial charge in [-0.25, -0.2) is 0 Å². The Morgan fingerprint density at radius 3 is 2.30 bits per heavy atom. The van der Waals surface area contributed by atoms with Crippen LogP contribution in [0.1, 0.15) is 17.3 Å². The first-order chi connectivity index (χ1) is 9.58. The number of carbonyl (C=O) groups excluding carboxylic acids is 1. The van der Waals surface area contributed by atoms with E-state index in [2.05, 4.69) is 10.6 Å². The van der Waals surface area contributed by atoms with E-state index in [9.17, 15) is 4.79 Å². The first kappa shape index (κ1) is 16.1. The predicted octanol–water partition coefficient (Wildman–Crippen LogP) is 1.05. The summed E-state index contributed by atoms with van der Waals surface area (Å²) in [6.07, 6.45) is 0. The van der Waals surface area contributed by atoms with Gasteiger partial charge < -0.3 is 24.8 Å². The summed E-state index contributed by atoms with van der Waals surface area (Å²) in [4.78, 5) is 12.2. The molecule has 20 heavy (non-hydrogen) atoms. The Morgan fingerprint density at radius 2 is 1.80 bits per heavy atom. The van der Waals surface area contributed by atoms with Crippen LogP contribution < -0.4 is 24.8 Å². The quantitative estimate of drug-likeness (QED) is 0.782. The first-order valence-electron chi connectivity index (χ1n) is 6.33. The van der Waals surface area contributed by atoms with Crippen molar-refractivity contribution >= 4 is 5.91 Å². The number of ether oxygens (including phenoxy) is 3. The molecule has 0 aromatic heterocycles. The molecule has 0 aliphatic carbocycles. The Morgan fingerprint density at radius 1 is 1.15 bits per heavy atom. The van der Waals surface area contributed by atoms with Gasteiger partial charge in [-0.2, -0.15) is 0 Å². The minimum atomic E-state index is -0.218. The molecule has 0 radical (unpaired) electrons. The van der Waals surface area contributed by atoms with E-state index in [1.165, 1.54) is 21.3 Å². The van der Waals surface area contributed by atoms with Crippen LogP contribution in [0.2, 0.25) is 0 Å². The van der Waals surface area contributed by atoms with Gasteiger partial charge in [-0.1, -0.05) is 0 Å². The molecule has 1 atom stereocenters. The third kappa shape index (κ3) is 3.54. The second-order valence-electron chi connectivity index (χ2n) is 4.28. The SMILES string of the molecule is CNC(C)CNC(=O)c1ccc(OC)c(OC)c1OC. The molecule has 1 amide bonds. The van der Waals surface area contributed by atoms with Crippen molar-refractivity contribution in [1.29, 1.82) is 0 Å². The molecule has 0 fully saturated rings. The molecule has 6 heteroatoms. The Labute approximate surface area is 119 Å². The van der Waals surface area contributed by atoms with Gasteiger partial charge in [-0.3, -0.25) is 4.79 Å². The van der Waals surface area contributed by atoms with E-state index in [1.807, 2.05) is 14.0 Å². The summed E-state index contributed by atoms with van der Waals surface area (Å²) in [5, 5.41) is 5.89. The lowest BCUT2D eigenvalue weighted by molar-refractivity contribution is 0.0946. The minimum absolute atomic E-state index is 0.185. The van der Waals surface area contributed by atoms with Crippen LogP contribution in [-0.2, 0) is 0 Å². The summed E-state index contributed by atoms with van der Waals surface area (Å²) in [6, 6.07) is 3.52. The fraction of sp³-hybridized carbons (Fsp3) is 0.500. The van der Waals surface area contributed by atoms with Gasteiger partial charge >= 0.3 is 0 Å². The molecule has 1 aromatic carbocycles. The molecule has 0 saturated heterocycles. The van der Waals surface area contributed by atoms with Crippen molar-refractivity contribution in [1.82, 2.24) is 10.6 Å². The summed E-state index contributed by atoms with van der Waals surface area (Å²) >= 11 is 0. The zero-order chi connectivity index (χ0) is 15.1. The van der Waals surface area contributed by atoms with E-state index >= 15 is 0 Å². The van der Waals surface area contributed by atoms with Gasteiger partial charge in [0.1, 0.15) is 0 Å². The molecule has 0 aliphatic heterocycles. The molecule has 2 N–H and O–H groups in total.